The van der Waals surface area contributed by atoms with Gasteiger partial charge in [0.05, 0.1) is 25.8 Å². The van der Waals surface area contributed by atoms with Gasteiger partial charge in [-0.1, -0.05) is 6.07 Å². The van der Waals surface area contributed by atoms with Crippen molar-refractivity contribution in [2.24, 2.45) is 10.9 Å². The van der Waals surface area contributed by atoms with Crippen LogP contribution in [0.2, 0.25) is 0 Å². The van der Waals surface area contributed by atoms with Gasteiger partial charge in [0.25, 0.3) is 0 Å². The number of halogens is 4. The van der Waals surface area contributed by atoms with Crippen molar-refractivity contribution in [3.05, 3.63) is 23.8 Å². The Morgan fingerprint density at radius 3 is 2.52 bits per heavy atom. The number of ether oxygens (including phenoxy) is 2. The van der Waals surface area contributed by atoms with Crippen LogP contribution in [0.3, 0.4) is 0 Å². The first-order valence-electron chi connectivity index (χ1n) is 10.4. The van der Waals surface area contributed by atoms with Crippen molar-refractivity contribution in [3.8, 4) is 11.5 Å². The zero-order chi connectivity index (χ0) is 22.1. The monoisotopic (exact) mass is 558 g/mol. The van der Waals surface area contributed by atoms with E-state index in [4.69, 9.17) is 9.47 Å². The molecule has 2 N–H and O–H groups in total. The van der Waals surface area contributed by atoms with Gasteiger partial charge in [-0.25, -0.2) is 0 Å². The molecule has 1 heterocycles. The first kappa shape index (κ1) is 27.6. The number of rotatable bonds is 9. The Labute approximate surface area is 200 Å². The molecule has 1 aliphatic heterocycles. The maximum Gasteiger partial charge on any atom is 0.401 e. The van der Waals surface area contributed by atoms with Gasteiger partial charge in [0, 0.05) is 20.1 Å². The number of nitrogens with one attached hydrogen (secondary N) is 2. The molecule has 1 aromatic rings. The molecule has 0 bridgehead atoms. The second kappa shape index (κ2) is 13.2. The van der Waals surface area contributed by atoms with Crippen LogP contribution in [0.25, 0.3) is 0 Å². The molecule has 178 valence electrons. The van der Waals surface area contributed by atoms with Crippen LogP contribution in [0.5, 0.6) is 11.5 Å². The third kappa shape index (κ3) is 9.30. The Morgan fingerprint density at radius 1 is 1.23 bits per heavy atom. The van der Waals surface area contributed by atoms with E-state index in [1.54, 1.807) is 7.05 Å². The summed E-state index contributed by atoms with van der Waals surface area (Å²) in [4.78, 5) is 5.70. The number of hydrogen-bond donors (Lipinski definition) is 2. The summed E-state index contributed by atoms with van der Waals surface area (Å²) in [6, 6.07) is 5.78. The summed E-state index contributed by atoms with van der Waals surface area (Å²) in [5.41, 5.74) is 1.02. The molecule has 1 saturated heterocycles. The smallest absolute Gasteiger partial charge is 0.401 e. The Hall–Kier alpha value is -1.43. The highest BCUT2D eigenvalue weighted by molar-refractivity contribution is 14.0. The number of nitrogens with zero attached hydrogens (tertiary/aromatic N) is 2. The molecule has 6 nitrogen and oxygen atoms in total. The predicted octanol–water partition coefficient (Wildman–Crippen LogP) is 4.21. The van der Waals surface area contributed by atoms with Crippen LogP contribution in [0, 0.1) is 5.92 Å². The van der Waals surface area contributed by atoms with Crippen molar-refractivity contribution in [3.63, 3.8) is 0 Å². The average Bonchev–Trinajstić information content (AvgIpc) is 3.12. The fourth-order valence-corrected chi connectivity index (χ4v) is 3.54. The summed E-state index contributed by atoms with van der Waals surface area (Å²) in [6.45, 7) is 7.62. The summed E-state index contributed by atoms with van der Waals surface area (Å²) in [5, 5.41) is 6.57. The molecule has 0 saturated carbocycles. The lowest BCUT2D eigenvalue weighted by Gasteiger charge is -2.21. The van der Waals surface area contributed by atoms with Gasteiger partial charge in [-0.3, -0.25) is 9.89 Å². The summed E-state index contributed by atoms with van der Waals surface area (Å²) in [6.07, 6.45) is -3.40. The van der Waals surface area contributed by atoms with Gasteiger partial charge < -0.3 is 20.1 Å². The van der Waals surface area contributed by atoms with Crippen molar-refractivity contribution in [1.82, 2.24) is 15.5 Å². The quantitative estimate of drug-likeness (QED) is 0.270. The Morgan fingerprint density at radius 2 is 1.90 bits per heavy atom. The minimum atomic E-state index is -4.15. The van der Waals surface area contributed by atoms with Crippen molar-refractivity contribution in [2.45, 2.75) is 39.4 Å². The molecule has 0 amide bonds. The minimum absolute atomic E-state index is 0. The topological polar surface area (TPSA) is 58.1 Å². The highest BCUT2D eigenvalue weighted by atomic mass is 127. The van der Waals surface area contributed by atoms with E-state index in [1.807, 2.05) is 39.0 Å². The first-order chi connectivity index (χ1) is 14.3. The molecule has 10 heteroatoms. The first-order valence-corrected chi connectivity index (χ1v) is 10.4. The summed E-state index contributed by atoms with van der Waals surface area (Å²) < 4.78 is 48.9. The maximum atomic E-state index is 12.5. The molecule has 2 rings (SSSR count). The molecule has 1 aromatic carbocycles. The van der Waals surface area contributed by atoms with Crippen molar-refractivity contribution < 1.29 is 22.6 Å². The van der Waals surface area contributed by atoms with Crippen LogP contribution in [-0.4, -0.2) is 63.5 Å². The Kier molecular flexibility index (Phi) is 11.7. The highest BCUT2D eigenvalue weighted by Gasteiger charge is 2.34. The molecule has 2 atom stereocenters. The summed E-state index contributed by atoms with van der Waals surface area (Å²) in [5.74, 6) is 2.19. The van der Waals surface area contributed by atoms with Gasteiger partial charge in [0.2, 0.25) is 0 Å². The lowest BCUT2D eigenvalue weighted by Crippen LogP contribution is -2.41. The van der Waals surface area contributed by atoms with Gasteiger partial charge in [0.1, 0.15) is 0 Å². The minimum Gasteiger partial charge on any atom is -0.490 e. The lowest BCUT2D eigenvalue weighted by molar-refractivity contribution is -0.143. The van der Waals surface area contributed by atoms with E-state index < -0.39 is 12.7 Å². The zero-order valence-corrected chi connectivity index (χ0v) is 20.9. The molecule has 31 heavy (non-hydrogen) atoms. The molecule has 0 aliphatic carbocycles. The van der Waals surface area contributed by atoms with Crippen LogP contribution in [0.1, 0.15) is 38.8 Å². The van der Waals surface area contributed by atoms with E-state index >= 15 is 0 Å². The predicted molar refractivity (Wildman–Crippen MR) is 128 cm³/mol. The molecular formula is C21H34F3IN4O2. The van der Waals surface area contributed by atoms with E-state index in [0.29, 0.717) is 50.3 Å². The van der Waals surface area contributed by atoms with Crippen LogP contribution in [-0.2, 0) is 0 Å². The molecule has 0 radical (unpaired) electrons. The van der Waals surface area contributed by atoms with Crippen LogP contribution in [0.15, 0.2) is 23.2 Å². The maximum absolute atomic E-state index is 12.5. The number of likely N-dealkylation sites (tertiary alicyclic amines) is 1. The van der Waals surface area contributed by atoms with E-state index in [-0.39, 0.29) is 35.9 Å². The average molecular weight is 558 g/mol. The van der Waals surface area contributed by atoms with Gasteiger partial charge in [-0.15, -0.1) is 24.0 Å². The zero-order valence-electron chi connectivity index (χ0n) is 18.6. The fraction of sp³-hybridized carbons (Fsp3) is 0.667. The number of alkyl halides is 3. The molecule has 0 aromatic heterocycles. The SMILES string of the molecule is CCOc1ccc(C(C)NC(=NC)NCC2CCN(CC(F)(F)F)C2)cc1OCC.I. The van der Waals surface area contributed by atoms with Gasteiger partial charge >= 0.3 is 6.18 Å². The van der Waals surface area contributed by atoms with E-state index in [1.165, 1.54) is 4.90 Å². The molecule has 1 aliphatic rings. The second-order valence-electron chi connectivity index (χ2n) is 7.40. The van der Waals surface area contributed by atoms with Crippen LogP contribution in [0.4, 0.5) is 13.2 Å². The van der Waals surface area contributed by atoms with E-state index in [2.05, 4.69) is 15.6 Å². The van der Waals surface area contributed by atoms with Crippen molar-refractivity contribution in [1.29, 1.82) is 0 Å². The number of benzene rings is 1. The van der Waals surface area contributed by atoms with Gasteiger partial charge in [-0.05, 0) is 57.4 Å². The number of guanidine groups is 1. The molecule has 2 unspecified atom stereocenters. The lowest BCUT2D eigenvalue weighted by atomic mass is 10.1. The Balaban J connectivity index is 0.00000480. The summed E-state index contributed by atoms with van der Waals surface area (Å²) >= 11 is 0. The second-order valence-corrected chi connectivity index (χ2v) is 7.40. The number of hydrogen-bond acceptors (Lipinski definition) is 4. The number of aliphatic imine (C=N–C) groups is 1. The molecule has 1 fully saturated rings. The van der Waals surface area contributed by atoms with Crippen molar-refractivity contribution in [2.75, 3.05) is 46.4 Å². The largest absolute Gasteiger partial charge is 0.490 e. The Bertz CT molecular complexity index is 704. The van der Waals surface area contributed by atoms with E-state index in [9.17, 15) is 13.2 Å². The van der Waals surface area contributed by atoms with Gasteiger partial charge in [-0.2, -0.15) is 13.2 Å². The van der Waals surface area contributed by atoms with Crippen LogP contribution < -0.4 is 20.1 Å². The third-order valence-electron chi connectivity index (χ3n) is 4.98. The molecule has 0 spiro atoms. The third-order valence-corrected chi connectivity index (χ3v) is 4.98. The van der Waals surface area contributed by atoms with E-state index in [0.717, 1.165) is 12.0 Å². The summed E-state index contributed by atoms with van der Waals surface area (Å²) in [7, 11) is 1.68. The molecular weight excluding hydrogens is 524 g/mol. The van der Waals surface area contributed by atoms with Crippen LogP contribution >= 0.6 is 24.0 Å². The standard InChI is InChI=1S/C21H33F3N4O2.HI/c1-5-29-18-8-7-17(11-19(18)30-6-2)15(3)27-20(25-4)26-12-16-9-10-28(13-16)14-21(22,23)24;/h7-8,11,15-16H,5-6,9-10,12-14H2,1-4H3,(H2,25,26,27);1H. The highest BCUT2D eigenvalue weighted by Crippen LogP contribution is 2.30. The normalized spacial score (nSPS) is 18.3. The fourth-order valence-electron chi connectivity index (χ4n) is 3.54. The van der Waals surface area contributed by atoms with Crippen molar-refractivity contribution >= 4 is 29.9 Å². The van der Waals surface area contributed by atoms with Gasteiger partial charge in [0.15, 0.2) is 17.5 Å².